The van der Waals surface area contributed by atoms with Gasteiger partial charge in [-0.05, 0) is 68.6 Å². The fourth-order valence-corrected chi connectivity index (χ4v) is 4.77. The molecule has 0 aromatic heterocycles. The van der Waals surface area contributed by atoms with Gasteiger partial charge in [-0.1, -0.05) is 13.8 Å². The molecule has 0 saturated heterocycles. The minimum Gasteiger partial charge on any atom is -0.467 e. The molecule has 2 rings (SSSR count). The number of carbonyl (C=O) groups is 2. The fraction of sp³-hybridized carbons (Fsp3) is 0.905. The summed E-state index contributed by atoms with van der Waals surface area (Å²) in [6.07, 6.45) is 9.03. The molecule has 156 valence electrons. The monoisotopic (exact) mass is 384 g/mol. The Bertz CT molecular complexity index is 431. The highest BCUT2D eigenvalue weighted by molar-refractivity contribution is 5.70. The molecule has 6 nitrogen and oxygen atoms in total. The van der Waals surface area contributed by atoms with Crippen molar-refractivity contribution in [1.82, 2.24) is 0 Å². The lowest BCUT2D eigenvalue weighted by Gasteiger charge is -2.46. The van der Waals surface area contributed by atoms with E-state index in [9.17, 15) is 9.59 Å². The standard InChI is InChI=1S/C21H36O6/c1-21(2,15-5-9-17(10-6-15)26-13-19(22)24-3)16-7-11-18(12-8-16)27-14-20(23)25-4/h15-18H,5-14H2,1-4H3. The molecule has 0 aromatic rings. The van der Waals surface area contributed by atoms with Crippen LogP contribution < -0.4 is 0 Å². The van der Waals surface area contributed by atoms with Gasteiger partial charge in [0, 0.05) is 0 Å². The summed E-state index contributed by atoms with van der Waals surface area (Å²) in [6, 6.07) is 0. The first kappa shape index (κ1) is 22.2. The summed E-state index contributed by atoms with van der Waals surface area (Å²) in [6.45, 7) is 4.94. The van der Waals surface area contributed by atoms with Gasteiger partial charge in [0.05, 0.1) is 26.4 Å². The third-order valence-electron chi connectivity index (χ3n) is 6.78. The van der Waals surface area contributed by atoms with E-state index < -0.39 is 0 Å². The lowest BCUT2D eigenvalue weighted by Crippen LogP contribution is -2.39. The maximum absolute atomic E-state index is 11.2. The van der Waals surface area contributed by atoms with Crippen molar-refractivity contribution in [2.75, 3.05) is 27.4 Å². The Labute approximate surface area is 163 Å². The summed E-state index contributed by atoms with van der Waals surface area (Å²) in [5, 5.41) is 0. The zero-order valence-electron chi connectivity index (χ0n) is 17.3. The molecular weight excluding hydrogens is 348 g/mol. The molecule has 0 N–H and O–H groups in total. The number of esters is 2. The van der Waals surface area contributed by atoms with E-state index in [0.29, 0.717) is 17.3 Å². The first-order chi connectivity index (χ1) is 12.9. The molecule has 0 heterocycles. The first-order valence-corrected chi connectivity index (χ1v) is 10.2. The average Bonchev–Trinajstić information content (AvgIpc) is 2.70. The van der Waals surface area contributed by atoms with Crippen molar-refractivity contribution >= 4 is 11.9 Å². The molecule has 2 fully saturated rings. The zero-order valence-corrected chi connectivity index (χ0v) is 17.3. The van der Waals surface area contributed by atoms with Gasteiger partial charge in [0.2, 0.25) is 0 Å². The van der Waals surface area contributed by atoms with E-state index >= 15 is 0 Å². The van der Waals surface area contributed by atoms with Crippen LogP contribution in [0.4, 0.5) is 0 Å². The summed E-state index contributed by atoms with van der Waals surface area (Å²) in [7, 11) is 2.78. The summed E-state index contributed by atoms with van der Waals surface area (Å²) in [5.74, 6) is 0.772. The van der Waals surface area contributed by atoms with Crippen molar-refractivity contribution in [3.63, 3.8) is 0 Å². The van der Waals surface area contributed by atoms with Crippen LogP contribution in [0.5, 0.6) is 0 Å². The lowest BCUT2D eigenvalue weighted by atomic mass is 9.60. The van der Waals surface area contributed by atoms with Crippen molar-refractivity contribution in [2.24, 2.45) is 17.3 Å². The number of methoxy groups -OCH3 is 2. The van der Waals surface area contributed by atoms with Crippen molar-refractivity contribution in [3.05, 3.63) is 0 Å². The van der Waals surface area contributed by atoms with Crippen molar-refractivity contribution < 1.29 is 28.5 Å². The molecule has 0 spiro atoms. The van der Waals surface area contributed by atoms with E-state index in [1.807, 2.05) is 0 Å². The van der Waals surface area contributed by atoms with E-state index in [4.69, 9.17) is 9.47 Å². The van der Waals surface area contributed by atoms with Crippen LogP contribution in [0, 0.1) is 17.3 Å². The van der Waals surface area contributed by atoms with Gasteiger partial charge in [-0.15, -0.1) is 0 Å². The number of carbonyl (C=O) groups excluding carboxylic acids is 2. The maximum atomic E-state index is 11.2. The van der Waals surface area contributed by atoms with Gasteiger partial charge in [-0.25, -0.2) is 9.59 Å². The second kappa shape index (κ2) is 10.4. The Morgan fingerprint density at radius 1 is 0.704 bits per heavy atom. The molecule has 0 aromatic carbocycles. The molecule has 0 atom stereocenters. The van der Waals surface area contributed by atoms with Gasteiger partial charge in [-0.2, -0.15) is 0 Å². The third-order valence-corrected chi connectivity index (χ3v) is 6.78. The zero-order chi connectivity index (χ0) is 19.9. The predicted molar refractivity (Wildman–Crippen MR) is 101 cm³/mol. The molecule has 0 amide bonds. The average molecular weight is 385 g/mol. The number of ether oxygens (including phenoxy) is 4. The van der Waals surface area contributed by atoms with Crippen molar-refractivity contribution in [3.8, 4) is 0 Å². The first-order valence-electron chi connectivity index (χ1n) is 10.2. The Hall–Kier alpha value is -1.14. The summed E-state index contributed by atoms with van der Waals surface area (Å²) in [4.78, 5) is 22.5. The molecule has 2 aliphatic rings. The minimum absolute atomic E-state index is 0.0603. The highest BCUT2D eigenvalue weighted by Crippen LogP contribution is 2.48. The van der Waals surface area contributed by atoms with E-state index in [2.05, 4.69) is 23.3 Å². The van der Waals surface area contributed by atoms with E-state index in [-0.39, 0.29) is 37.4 Å². The molecule has 2 saturated carbocycles. The fourth-order valence-electron chi connectivity index (χ4n) is 4.77. The summed E-state index contributed by atoms with van der Waals surface area (Å²) < 4.78 is 20.6. The van der Waals surface area contributed by atoms with Crippen molar-refractivity contribution in [1.29, 1.82) is 0 Å². The van der Waals surface area contributed by atoms with E-state index in [1.165, 1.54) is 14.2 Å². The molecule has 0 unspecified atom stereocenters. The van der Waals surface area contributed by atoms with Crippen LogP contribution in [0.1, 0.15) is 65.2 Å². The van der Waals surface area contributed by atoms with Crippen LogP contribution in [0.2, 0.25) is 0 Å². The Morgan fingerprint density at radius 2 is 1.04 bits per heavy atom. The Balaban J connectivity index is 1.73. The minimum atomic E-state index is -0.302. The van der Waals surface area contributed by atoms with Gasteiger partial charge in [0.15, 0.2) is 0 Å². The van der Waals surface area contributed by atoms with Crippen LogP contribution in [-0.4, -0.2) is 51.6 Å². The predicted octanol–water partition coefficient (Wildman–Crippen LogP) is 3.51. The Kier molecular flexibility index (Phi) is 8.55. The lowest BCUT2D eigenvalue weighted by molar-refractivity contribution is -0.149. The molecule has 27 heavy (non-hydrogen) atoms. The van der Waals surface area contributed by atoms with E-state index in [0.717, 1.165) is 51.4 Å². The van der Waals surface area contributed by atoms with Gasteiger partial charge in [0.1, 0.15) is 13.2 Å². The quantitative estimate of drug-likeness (QED) is 0.597. The largest absolute Gasteiger partial charge is 0.467 e. The summed E-state index contributed by atoms with van der Waals surface area (Å²) >= 11 is 0. The van der Waals surface area contributed by atoms with Gasteiger partial charge >= 0.3 is 11.9 Å². The van der Waals surface area contributed by atoms with Gasteiger partial charge in [0.25, 0.3) is 0 Å². The van der Waals surface area contributed by atoms with Crippen LogP contribution >= 0.6 is 0 Å². The van der Waals surface area contributed by atoms with Crippen LogP contribution in [0.15, 0.2) is 0 Å². The molecule has 2 aliphatic carbocycles. The number of hydrogen-bond donors (Lipinski definition) is 0. The second-order valence-electron chi connectivity index (χ2n) is 8.54. The van der Waals surface area contributed by atoms with Crippen LogP contribution in [0.25, 0.3) is 0 Å². The summed E-state index contributed by atoms with van der Waals surface area (Å²) in [5.41, 5.74) is 0.292. The van der Waals surface area contributed by atoms with Crippen molar-refractivity contribution in [2.45, 2.75) is 77.4 Å². The number of hydrogen-bond acceptors (Lipinski definition) is 6. The molecule has 0 radical (unpaired) electrons. The normalized spacial score (nSPS) is 29.2. The van der Waals surface area contributed by atoms with Gasteiger partial charge < -0.3 is 18.9 Å². The van der Waals surface area contributed by atoms with Crippen LogP contribution in [-0.2, 0) is 28.5 Å². The molecular formula is C21H36O6. The topological polar surface area (TPSA) is 71.1 Å². The molecule has 0 bridgehead atoms. The maximum Gasteiger partial charge on any atom is 0.331 e. The van der Waals surface area contributed by atoms with Crippen LogP contribution in [0.3, 0.4) is 0 Å². The molecule has 0 aliphatic heterocycles. The third kappa shape index (κ3) is 6.46. The van der Waals surface area contributed by atoms with E-state index in [1.54, 1.807) is 0 Å². The highest BCUT2D eigenvalue weighted by atomic mass is 16.6. The number of rotatable bonds is 8. The highest BCUT2D eigenvalue weighted by Gasteiger charge is 2.40. The SMILES string of the molecule is COC(=O)COC1CCC(C(C)(C)C2CCC(OCC(=O)OC)CC2)CC1. The Morgan fingerprint density at radius 3 is 1.33 bits per heavy atom. The smallest absolute Gasteiger partial charge is 0.331 e. The molecule has 6 heteroatoms. The second-order valence-corrected chi connectivity index (χ2v) is 8.54. The van der Waals surface area contributed by atoms with Gasteiger partial charge in [-0.3, -0.25) is 0 Å².